The van der Waals surface area contributed by atoms with Crippen molar-refractivity contribution in [1.82, 2.24) is 9.97 Å². The monoisotopic (exact) mass is 343 g/mol. The number of rotatable bonds is 5. The fourth-order valence-electron chi connectivity index (χ4n) is 3.25. The van der Waals surface area contributed by atoms with Gasteiger partial charge in [0.1, 0.15) is 23.3 Å². The first-order valence-corrected chi connectivity index (χ1v) is 8.96. The number of halogens is 1. The van der Waals surface area contributed by atoms with E-state index in [-0.39, 0.29) is 5.82 Å². The Kier molecular flexibility index (Phi) is 5.36. The van der Waals surface area contributed by atoms with Gasteiger partial charge in [0.15, 0.2) is 0 Å². The van der Waals surface area contributed by atoms with E-state index in [1.807, 2.05) is 19.1 Å². The Morgan fingerprint density at radius 2 is 1.56 bits per heavy atom. The summed E-state index contributed by atoms with van der Waals surface area (Å²) in [5, 5.41) is 0. The normalized spacial score (nSPS) is 14.7. The standard InChI is InChI=1S/C19H26FN5/c1-4-23(5-2)18-14-19(22-15(3)21-18)25-12-10-24(11-13-25)17-8-6-16(20)7-9-17/h6-9,14H,4-5,10-13H2,1-3H3. The van der Waals surface area contributed by atoms with Crippen molar-refractivity contribution in [3.8, 4) is 0 Å². The number of piperazine rings is 1. The molecule has 2 aromatic rings. The van der Waals surface area contributed by atoms with E-state index in [2.05, 4.69) is 44.6 Å². The summed E-state index contributed by atoms with van der Waals surface area (Å²) in [5.41, 5.74) is 1.07. The van der Waals surface area contributed by atoms with Gasteiger partial charge in [-0.15, -0.1) is 0 Å². The number of benzene rings is 1. The first kappa shape index (κ1) is 17.5. The van der Waals surface area contributed by atoms with Crippen molar-refractivity contribution in [2.75, 3.05) is 54.0 Å². The minimum absolute atomic E-state index is 0.192. The molecule has 0 spiro atoms. The van der Waals surface area contributed by atoms with Crippen LogP contribution in [0, 0.1) is 12.7 Å². The summed E-state index contributed by atoms with van der Waals surface area (Å²) in [4.78, 5) is 16.1. The number of hydrogen-bond acceptors (Lipinski definition) is 5. The smallest absolute Gasteiger partial charge is 0.134 e. The Balaban J connectivity index is 1.71. The molecule has 1 aromatic heterocycles. The van der Waals surface area contributed by atoms with Crippen molar-refractivity contribution in [2.24, 2.45) is 0 Å². The molecule has 6 heteroatoms. The van der Waals surface area contributed by atoms with Crippen LogP contribution in [0.15, 0.2) is 30.3 Å². The third-order valence-corrected chi connectivity index (χ3v) is 4.69. The Hall–Kier alpha value is -2.37. The molecule has 0 radical (unpaired) electrons. The topological polar surface area (TPSA) is 35.5 Å². The first-order valence-electron chi connectivity index (χ1n) is 8.96. The van der Waals surface area contributed by atoms with Gasteiger partial charge in [-0.1, -0.05) is 0 Å². The highest BCUT2D eigenvalue weighted by molar-refractivity contribution is 5.53. The van der Waals surface area contributed by atoms with Crippen LogP contribution in [-0.2, 0) is 0 Å². The molecule has 2 heterocycles. The molecule has 0 N–H and O–H groups in total. The van der Waals surface area contributed by atoms with E-state index in [1.165, 1.54) is 12.1 Å². The number of nitrogens with zero attached hydrogens (tertiary/aromatic N) is 5. The molecule has 1 aliphatic rings. The van der Waals surface area contributed by atoms with Gasteiger partial charge in [0.05, 0.1) is 0 Å². The molecule has 0 aliphatic carbocycles. The SMILES string of the molecule is CCN(CC)c1cc(N2CCN(c3ccc(F)cc3)CC2)nc(C)n1. The minimum Gasteiger partial charge on any atom is -0.368 e. The summed E-state index contributed by atoms with van der Waals surface area (Å²) in [7, 11) is 0. The highest BCUT2D eigenvalue weighted by Gasteiger charge is 2.20. The fraction of sp³-hybridized carbons (Fsp3) is 0.474. The van der Waals surface area contributed by atoms with E-state index in [0.29, 0.717) is 0 Å². The predicted octanol–water partition coefficient (Wildman–Crippen LogP) is 3.10. The van der Waals surface area contributed by atoms with E-state index in [4.69, 9.17) is 0 Å². The van der Waals surface area contributed by atoms with Gasteiger partial charge in [0.25, 0.3) is 0 Å². The van der Waals surface area contributed by atoms with Crippen molar-refractivity contribution >= 4 is 17.3 Å². The second-order valence-corrected chi connectivity index (χ2v) is 6.25. The molecule has 0 saturated carbocycles. The second kappa shape index (κ2) is 7.68. The molecule has 134 valence electrons. The Labute approximate surface area is 149 Å². The molecule has 3 rings (SSSR count). The van der Waals surface area contributed by atoms with Crippen LogP contribution >= 0.6 is 0 Å². The lowest BCUT2D eigenvalue weighted by Crippen LogP contribution is -2.47. The van der Waals surface area contributed by atoms with Crippen molar-refractivity contribution in [2.45, 2.75) is 20.8 Å². The largest absolute Gasteiger partial charge is 0.368 e. The maximum Gasteiger partial charge on any atom is 0.134 e. The van der Waals surface area contributed by atoms with E-state index >= 15 is 0 Å². The summed E-state index contributed by atoms with van der Waals surface area (Å²) >= 11 is 0. The molecule has 1 saturated heterocycles. The van der Waals surface area contributed by atoms with Crippen LogP contribution < -0.4 is 14.7 Å². The van der Waals surface area contributed by atoms with Crippen LogP contribution in [0.4, 0.5) is 21.7 Å². The molecule has 0 bridgehead atoms. The molecule has 0 atom stereocenters. The molecule has 1 fully saturated rings. The van der Waals surface area contributed by atoms with E-state index in [1.54, 1.807) is 0 Å². The minimum atomic E-state index is -0.192. The van der Waals surface area contributed by atoms with Gasteiger partial charge in [-0.05, 0) is 45.0 Å². The molecular formula is C19H26FN5. The lowest BCUT2D eigenvalue weighted by Gasteiger charge is -2.37. The van der Waals surface area contributed by atoms with Crippen LogP contribution in [-0.4, -0.2) is 49.2 Å². The zero-order valence-corrected chi connectivity index (χ0v) is 15.2. The summed E-state index contributed by atoms with van der Waals surface area (Å²) in [6.45, 7) is 11.7. The number of aromatic nitrogens is 2. The fourth-order valence-corrected chi connectivity index (χ4v) is 3.25. The summed E-state index contributed by atoms with van der Waals surface area (Å²) in [6, 6.07) is 8.82. The summed E-state index contributed by atoms with van der Waals surface area (Å²) in [6.07, 6.45) is 0. The third kappa shape index (κ3) is 4.00. The summed E-state index contributed by atoms with van der Waals surface area (Å²) < 4.78 is 13.1. The Morgan fingerprint density at radius 1 is 0.960 bits per heavy atom. The van der Waals surface area contributed by atoms with Gasteiger partial charge in [-0.2, -0.15) is 0 Å². The second-order valence-electron chi connectivity index (χ2n) is 6.25. The zero-order chi connectivity index (χ0) is 17.8. The van der Waals surface area contributed by atoms with Gasteiger partial charge in [0.2, 0.25) is 0 Å². The quantitative estimate of drug-likeness (QED) is 0.834. The van der Waals surface area contributed by atoms with Gasteiger partial charge < -0.3 is 14.7 Å². The Morgan fingerprint density at radius 3 is 2.16 bits per heavy atom. The predicted molar refractivity (Wildman–Crippen MR) is 101 cm³/mol. The number of aryl methyl sites for hydroxylation is 1. The number of hydrogen-bond donors (Lipinski definition) is 0. The van der Waals surface area contributed by atoms with Crippen molar-refractivity contribution in [3.63, 3.8) is 0 Å². The van der Waals surface area contributed by atoms with Gasteiger partial charge in [-0.25, -0.2) is 14.4 Å². The molecule has 1 aromatic carbocycles. The Bertz CT molecular complexity index is 691. The molecular weight excluding hydrogens is 317 g/mol. The van der Waals surface area contributed by atoms with Crippen LogP contribution in [0.25, 0.3) is 0 Å². The van der Waals surface area contributed by atoms with Crippen LogP contribution in [0.1, 0.15) is 19.7 Å². The van der Waals surface area contributed by atoms with Gasteiger partial charge in [0, 0.05) is 51.0 Å². The molecule has 5 nitrogen and oxygen atoms in total. The number of anilines is 3. The first-order chi connectivity index (χ1) is 12.1. The van der Waals surface area contributed by atoms with E-state index < -0.39 is 0 Å². The van der Waals surface area contributed by atoms with Crippen LogP contribution in [0.3, 0.4) is 0 Å². The van der Waals surface area contributed by atoms with Gasteiger partial charge >= 0.3 is 0 Å². The average Bonchev–Trinajstić information content (AvgIpc) is 2.63. The molecule has 0 unspecified atom stereocenters. The highest BCUT2D eigenvalue weighted by Crippen LogP contribution is 2.22. The van der Waals surface area contributed by atoms with Crippen LogP contribution in [0.5, 0.6) is 0 Å². The lowest BCUT2D eigenvalue weighted by atomic mass is 10.2. The van der Waals surface area contributed by atoms with E-state index in [9.17, 15) is 4.39 Å². The zero-order valence-electron chi connectivity index (χ0n) is 15.2. The maximum absolute atomic E-state index is 13.1. The molecule has 1 aliphatic heterocycles. The van der Waals surface area contributed by atoms with Gasteiger partial charge in [-0.3, -0.25) is 0 Å². The van der Waals surface area contributed by atoms with Crippen molar-refractivity contribution < 1.29 is 4.39 Å². The molecule has 0 amide bonds. The average molecular weight is 343 g/mol. The van der Waals surface area contributed by atoms with Crippen molar-refractivity contribution in [3.05, 3.63) is 42.0 Å². The van der Waals surface area contributed by atoms with E-state index in [0.717, 1.165) is 62.4 Å². The van der Waals surface area contributed by atoms with Crippen molar-refractivity contribution in [1.29, 1.82) is 0 Å². The maximum atomic E-state index is 13.1. The van der Waals surface area contributed by atoms with Crippen LogP contribution in [0.2, 0.25) is 0 Å². The highest BCUT2D eigenvalue weighted by atomic mass is 19.1. The summed E-state index contributed by atoms with van der Waals surface area (Å²) in [5.74, 6) is 2.60. The lowest BCUT2D eigenvalue weighted by molar-refractivity contribution is 0.624. The molecule has 25 heavy (non-hydrogen) atoms. The third-order valence-electron chi connectivity index (χ3n) is 4.69.